The van der Waals surface area contributed by atoms with Crippen LogP contribution >= 0.6 is 11.8 Å². The fourth-order valence-electron chi connectivity index (χ4n) is 0.875. The molecule has 0 radical (unpaired) electrons. The molecule has 0 heterocycles. The number of sulfone groups is 1. The van der Waals surface area contributed by atoms with E-state index in [1.54, 1.807) is 0 Å². The molecule has 0 aliphatic carbocycles. The van der Waals surface area contributed by atoms with Crippen molar-refractivity contribution in [2.75, 3.05) is 36.6 Å². The lowest BCUT2D eigenvalue weighted by Gasteiger charge is -2.03. The normalized spacial score (nSPS) is 11.9. The Morgan fingerprint density at radius 1 is 1.21 bits per heavy atom. The molecule has 0 spiro atoms. The van der Waals surface area contributed by atoms with E-state index in [-0.39, 0.29) is 5.75 Å². The van der Waals surface area contributed by atoms with Gasteiger partial charge in [-0.2, -0.15) is 11.8 Å². The van der Waals surface area contributed by atoms with E-state index in [1.807, 2.05) is 11.8 Å². The van der Waals surface area contributed by atoms with E-state index >= 15 is 0 Å². The van der Waals surface area contributed by atoms with Crippen LogP contribution in [0.25, 0.3) is 0 Å². The van der Waals surface area contributed by atoms with Gasteiger partial charge < -0.3 is 5.32 Å². The molecule has 0 fully saturated rings. The van der Waals surface area contributed by atoms with Gasteiger partial charge in [0, 0.05) is 25.1 Å². The van der Waals surface area contributed by atoms with Crippen molar-refractivity contribution in [1.82, 2.24) is 5.32 Å². The monoisotopic (exact) mass is 239 g/mol. The Morgan fingerprint density at radius 2 is 1.93 bits per heavy atom. The van der Waals surface area contributed by atoms with Crippen LogP contribution < -0.4 is 5.32 Å². The third-order valence-electron chi connectivity index (χ3n) is 1.72. The van der Waals surface area contributed by atoms with Crippen molar-refractivity contribution >= 4 is 21.6 Å². The molecule has 0 aliphatic rings. The van der Waals surface area contributed by atoms with E-state index in [9.17, 15) is 8.42 Å². The standard InChI is InChI=1S/C9H21NO2S2/c1-3-4-7-13-8-5-10-6-9-14(2,11)12/h10H,3-9H2,1-2H3. The molecule has 0 unspecified atom stereocenters. The minimum Gasteiger partial charge on any atom is -0.315 e. The van der Waals surface area contributed by atoms with Crippen molar-refractivity contribution in [3.8, 4) is 0 Å². The predicted molar refractivity (Wildman–Crippen MR) is 64.8 cm³/mol. The van der Waals surface area contributed by atoms with Gasteiger partial charge in [0.2, 0.25) is 0 Å². The molecule has 1 N–H and O–H groups in total. The Bertz CT molecular complexity index is 215. The summed E-state index contributed by atoms with van der Waals surface area (Å²) in [5, 5.41) is 3.12. The van der Waals surface area contributed by atoms with Crippen LogP contribution in [0, 0.1) is 0 Å². The number of thioether (sulfide) groups is 1. The first kappa shape index (κ1) is 14.3. The van der Waals surface area contributed by atoms with Crippen LogP contribution in [0.2, 0.25) is 0 Å². The molecule has 0 aromatic rings. The van der Waals surface area contributed by atoms with E-state index in [2.05, 4.69) is 12.2 Å². The van der Waals surface area contributed by atoms with Gasteiger partial charge in [0.1, 0.15) is 9.84 Å². The SMILES string of the molecule is CCCCSCCNCCS(C)(=O)=O. The third kappa shape index (κ3) is 12.3. The highest BCUT2D eigenvalue weighted by Crippen LogP contribution is 2.02. The number of unbranched alkanes of at least 4 members (excludes halogenated alkanes) is 1. The smallest absolute Gasteiger partial charge is 0.148 e. The largest absolute Gasteiger partial charge is 0.315 e. The molecule has 0 aromatic carbocycles. The predicted octanol–water partition coefficient (Wildman–Crippen LogP) is 1.15. The Balaban J connectivity index is 3.07. The summed E-state index contributed by atoms with van der Waals surface area (Å²) in [7, 11) is -2.79. The maximum Gasteiger partial charge on any atom is 0.148 e. The van der Waals surface area contributed by atoms with Gasteiger partial charge in [-0.15, -0.1) is 0 Å². The van der Waals surface area contributed by atoms with Crippen LogP contribution in [-0.2, 0) is 9.84 Å². The Labute approximate surface area is 92.0 Å². The van der Waals surface area contributed by atoms with Crippen LogP contribution in [0.4, 0.5) is 0 Å². The zero-order chi connectivity index (χ0) is 10.9. The van der Waals surface area contributed by atoms with E-state index in [1.165, 1.54) is 24.9 Å². The summed E-state index contributed by atoms with van der Waals surface area (Å²) in [5.74, 6) is 2.53. The molecule has 3 nitrogen and oxygen atoms in total. The van der Waals surface area contributed by atoms with Crippen LogP contribution in [0.15, 0.2) is 0 Å². The number of rotatable bonds is 9. The molecule has 0 aromatic heterocycles. The first-order valence-corrected chi connectivity index (χ1v) is 8.24. The summed E-state index contributed by atoms with van der Waals surface area (Å²) in [6.45, 7) is 3.67. The van der Waals surface area contributed by atoms with Gasteiger partial charge in [-0.05, 0) is 12.2 Å². The molecule has 0 bridgehead atoms. The highest BCUT2D eigenvalue weighted by molar-refractivity contribution is 7.99. The first-order chi connectivity index (χ1) is 6.56. The molecule has 0 atom stereocenters. The van der Waals surface area contributed by atoms with Gasteiger partial charge in [-0.25, -0.2) is 8.42 Å². The molecular weight excluding hydrogens is 218 g/mol. The zero-order valence-corrected chi connectivity index (χ0v) is 10.7. The van der Waals surface area contributed by atoms with E-state index in [4.69, 9.17) is 0 Å². The summed E-state index contributed by atoms with van der Waals surface area (Å²) < 4.78 is 21.5. The van der Waals surface area contributed by atoms with E-state index < -0.39 is 9.84 Å². The Kier molecular flexibility index (Phi) is 8.72. The van der Waals surface area contributed by atoms with Crippen LogP contribution in [0.1, 0.15) is 19.8 Å². The minimum atomic E-state index is -2.79. The third-order valence-corrected chi connectivity index (χ3v) is 3.73. The summed E-state index contributed by atoms with van der Waals surface area (Å²) in [5.41, 5.74) is 0. The lowest BCUT2D eigenvalue weighted by atomic mass is 10.4. The van der Waals surface area contributed by atoms with Gasteiger partial charge >= 0.3 is 0 Å². The summed E-state index contributed by atoms with van der Waals surface area (Å²) in [6.07, 6.45) is 3.78. The molecule has 14 heavy (non-hydrogen) atoms. The van der Waals surface area contributed by atoms with Gasteiger partial charge in [0.05, 0.1) is 5.75 Å². The molecule has 0 saturated heterocycles. The van der Waals surface area contributed by atoms with Crippen LogP contribution in [0.5, 0.6) is 0 Å². The molecular formula is C9H21NO2S2. The maximum absolute atomic E-state index is 10.8. The van der Waals surface area contributed by atoms with Crippen molar-refractivity contribution in [2.24, 2.45) is 0 Å². The first-order valence-electron chi connectivity index (χ1n) is 5.02. The molecule has 86 valence electrons. The second-order valence-corrected chi connectivity index (χ2v) is 6.83. The number of hydrogen-bond acceptors (Lipinski definition) is 4. The van der Waals surface area contributed by atoms with Crippen LogP contribution in [0.3, 0.4) is 0 Å². The van der Waals surface area contributed by atoms with Crippen molar-refractivity contribution in [1.29, 1.82) is 0 Å². The molecule has 0 rings (SSSR count). The fourth-order valence-corrected chi connectivity index (χ4v) is 2.38. The van der Waals surface area contributed by atoms with Crippen molar-refractivity contribution in [3.05, 3.63) is 0 Å². The quantitative estimate of drug-likeness (QED) is 0.613. The van der Waals surface area contributed by atoms with Gasteiger partial charge in [-0.1, -0.05) is 13.3 Å². The topological polar surface area (TPSA) is 46.2 Å². The van der Waals surface area contributed by atoms with Crippen molar-refractivity contribution in [2.45, 2.75) is 19.8 Å². The summed E-state index contributed by atoms with van der Waals surface area (Å²) in [6, 6.07) is 0. The van der Waals surface area contributed by atoms with Crippen molar-refractivity contribution in [3.63, 3.8) is 0 Å². The summed E-state index contributed by atoms with van der Waals surface area (Å²) >= 11 is 1.92. The molecule has 0 saturated carbocycles. The highest BCUT2D eigenvalue weighted by Gasteiger charge is 1.99. The second-order valence-electron chi connectivity index (χ2n) is 3.35. The number of nitrogens with one attached hydrogen (secondary N) is 1. The molecule has 5 heteroatoms. The fraction of sp³-hybridized carbons (Fsp3) is 1.00. The van der Waals surface area contributed by atoms with E-state index in [0.29, 0.717) is 6.54 Å². The van der Waals surface area contributed by atoms with Crippen molar-refractivity contribution < 1.29 is 8.42 Å². The molecule has 0 aliphatic heterocycles. The Morgan fingerprint density at radius 3 is 2.50 bits per heavy atom. The minimum absolute atomic E-state index is 0.243. The van der Waals surface area contributed by atoms with Crippen LogP contribution in [-0.4, -0.2) is 45.0 Å². The van der Waals surface area contributed by atoms with Gasteiger partial charge in [0.15, 0.2) is 0 Å². The molecule has 0 amide bonds. The average Bonchev–Trinajstić information content (AvgIpc) is 2.08. The lowest BCUT2D eigenvalue weighted by Crippen LogP contribution is -2.24. The van der Waals surface area contributed by atoms with Gasteiger partial charge in [-0.3, -0.25) is 0 Å². The van der Waals surface area contributed by atoms with Gasteiger partial charge in [0.25, 0.3) is 0 Å². The lowest BCUT2D eigenvalue weighted by molar-refractivity contribution is 0.598. The van der Waals surface area contributed by atoms with E-state index in [0.717, 1.165) is 12.3 Å². The maximum atomic E-state index is 10.8. The highest BCUT2D eigenvalue weighted by atomic mass is 32.2. The Hall–Kier alpha value is 0.260. The second kappa shape index (κ2) is 8.56. The summed E-state index contributed by atoms with van der Waals surface area (Å²) in [4.78, 5) is 0. The number of hydrogen-bond donors (Lipinski definition) is 1. The zero-order valence-electron chi connectivity index (χ0n) is 9.08. The average molecular weight is 239 g/mol.